The fourth-order valence-electron chi connectivity index (χ4n) is 1.97. The molecular formula is C17H17NO3. The summed E-state index contributed by atoms with van der Waals surface area (Å²) in [6.45, 7) is 3.53. The van der Waals surface area contributed by atoms with Crippen molar-refractivity contribution in [1.29, 1.82) is 0 Å². The van der Waals surface area contributed by atoms with Gasteiger partial charge in [0.25, 0.3) is 5.91 Å². The number of hydrogen-bond donors (Lipinski definition) is 2. The lowest BCUT2D eigenvalue weighted by molar-refractivity contribution is 0.0934. The molecule has 4 nitrogen and oxygen atoms in total. The second-order valence-electron chi connectivity index (χ2n) is 4.70. The van der Waals surface area contributed by atoms with Gasteiger partial charge in [-0.1, -0.05) is 17.9 Å². The van der Waals surface area contributed by atoms with Gasteiger partial charge in [-0.3, -0.25) is 4.79 Å². The Morgan fingerprint density at radius 2 is 2.24 bits per heavy atom. The minimum atomic E-state index is -0.209. The zero-order chi connectivity index (χ0) is 15.2. The van der Waals surface area contributed by atoms with Crippen LogP contribution in [0.15, 0.2) is 41.0 Å². The molecule has 0 fully saturated rings. The zero-order valence-electron chi connectivity index (χ0n) is 12.0. The highest BCUT2D eigenvalue weighted by Gasteiger charge is 2.15. The number of carbonyl (C=O) groups is 1. The normalized spacial score (nSPS) is 11.4. The Hall–Kier alpha value is -2.51. The van der Waals surface area contributed by atoms with Gasteiger partial charge >= 0.3 is 0 Å². The number of aliphatic hydroxyl groups excluding tert-OH is 1. The van der Waals surface area contributed by atoms with Gasteiger partial charge in [0, 0.05) is 11.1 Å². The lowest BCUT2D eigenvalue weighted by Gasteiger charge is -2.13. The van der Waals surface area contributed by atoms with E-state index in [9.17, 15) is 4.79 Å². The number of amides is 1. The first-order valence-electron chi connectivity index (χ1n) is 6.66. The van der Waals surface area contributed by atoms with Gasteiger partial charge in [-0.25, -0.2) is 0 Å². The summed E-state index contributed by atoms with van der Waals surface area (Å²) in [7, 11) is 0. The van der Waals surface area contributed by atoms with Crippen LogP contribution in [-0.2, 0) is 0 Å². The molecule has 0 aliphatic carbocycles. The summed E-state index contributed by atoms with van der Waals surface area (Å²) in [6, 6.07) is 8.79. The highest BCUT2D eigenvalue weighted by molar-refractivity contribution is 5.96. The van der Waals surface area contributed by atoms with Gasteiger partial charge in [0.1, 0.15) is 12.4 Å². The smallest absolute Gasteiger partial charge is 0.252 e. The molecule has 0 aliphatic rings. The van der Waals surface area contributed by atoms with Gasteiger partial charge in [0.05, 0.1) is 12.3 Å². The molecule has 1 atom stereocenters. The van der Waals surface area contributed by atoms with Crippen molar-refractivity contribution in [2.24, 2.45) is 0 Å². The number of hydrogen-bond acceptors (Lipinski definition) is 3. The molecule has 0 radical (unpaired) electrons. The molecule has 0 saturated carbocycles. The summed E-state index contributed by atoms with van der Waals surface area (Å²) in [5, 5.41) is 11.6. The molecule has 2 rings (SSSR count). The fraction of sp³-hybridized carbons (Fsp3) is 0.235. The van der Waals surface area contributed by atoms with Crippen LogP contribution in [0.25, 0.3) is 0 Å². The Morgan fingerprint density at radius 1 is 1.43 bits per heavy atom. The maximum atomic E-state index is 12.3. The molecule has 1 amide bonds. The van der Waals surface area contributed by atoms with Gasteiger partial charge < -0.3 is 14.8 Å². The molecule has 2 aromatic rings. The molecule has 108 valence electrons. The van der Waals surface area contributed by atoms with E-state index >= 15 is 0 Å². The maximum Gasteiger partial charge on any atom is 0.252 e. The predicted molar refractivity (Wildman–Crippen MR) is 79.7 cm³/mol. The number of nitrogens with one attached hydrogen (secondary N) is 1. The van der Waals surface area contributed by atoms with Crippen molar-refractivity contribution in [3.05, 3.63) is 59.0 Å². The number of aliphatic hydroxyl groups is 1. The molecule has 1 aromatic heterocycles. The summed E-state index contributed by atoms with van der Waals surface area (Å²) >= 11 is 0. The monoisotopic (exact) mass is 283 g/mol. The summed E-state index contributed by atoms with van der Waals surface area (Å²) in [4.78, 5) is 12.3. The second kappa shape index (κ2) is 6.78. The molecule has 1 aromatic carbocycles. The Balaban J connectivity index is 2.18. The Kier molecular flexibility index (Phi) is 4.81. The Bertz CT molecular complexity index is 678. The van der Waals surface area contributed by atoms with Gasteiger partial charge in [0.2, 0.25) is 0 Å². The average Bonchev–Trinajstić information content (AvgIpc) is 3.00. The summed E-state index contributed by atoms with van der Waals surface area (Å²) in [5.74, 6) is 5.90. The van der Waals surface area contributed by atoms with E-state index in [2.05, 4.69) is 17.2 Å². The van der Waals surface area contributed by atoms with Crippen LogP contribution in [0, 0.1) is 18.8 Å². The minimum absolute atomic E-state index is 0.177. The topological polar surface area (TPSA) is 62.5 Å². The van der Waals surface area contributed by atoms with Crippen molar-refractivity contribution < 1.29 is 14.3 Å². The van der Waals surface area contributed by atoms with E-state index in [0.717, 1.165) is 5.56 Å². The lowest BCUT2D eigenvalue weighted by Crippen LogP contribution is -2.27. The van der Waals surface area contributed by atoms with E-state index in [-0.39, 0.29) is 18.6 Å². The first-order chi connectivity index (χ1) is 10.1. The molecule has 0 saturated heterocycles. The second-order valence-corrected chi connectivity index (χ2v) is 4.70. The molecule has 1 heterocycles. The molecule has 0 spiro atoms. The molecule has 0 aliphatic heterocycles. The molecular weight excluding hydrogens is 266 g/mol. The number of rotatable bonds is 3. The van der Waals surface area contributed by atoms with Gasteiger partial charge in [0.15, 0.2) is 0 Å². The summed E-state index contributed by atoms with van der Waals surface area (Å²) < 4.78 is 5.27. The Morgan fingerprint density at radius 3 is 2.90 bits per heavy atom. The maximum absolute atomic E-state index is 12.3. The predicted octanol–water partition coefficient (Wildman–Crippen LogP) is 2.42. The van der Waals surface area contributed by atoms with Crippen molar-refractivity contribution in [2.75, 3.05) is 6.61 Å². The van der Waals surface area contributed by atoms with Crippen LogP contribution in [0.5, 0.6) is 0 Å². The van der Waals surface area contributed by atoms with Crippen LogP contribution < -0.4 is 5.32 Å². The first kappa shape index (κ1) is 14.9. The number of furan rings is 1. The molecule has 0 bridgehead atoms. The third-order valence-corrected chi connectivity index (χ3v) is 3.11. The third-order valence-electron chi connectivity index (χ3n) is 3.11. The van der Waals surface area contributed by atoms with Crippen molar-refractivity contribution in [3.63, 3.8) is 0 Å². The van der Waals surface area contributed by atoms with Gasteiger partial charge in [-0.05, 0) is 43.7 Å². The van der Waals surface area contributed by atoms with Crippen LogP contribution in [-0.4, -0.2) is 17.6 Å². The summed E-state index contributed by atoms with van der Waals surface area (Å²) in [5.41, 5.74) is 2.14. The molecule has 4 heteroatoms. The fourth-order valence-corrected chi connectivity index (χ4v) is 1.97. The van der Waals surface area contributed by atoms with E-state index in [1.165, 1.54) is 0 Å². The molecule has 21 heavy (non-hydrogen) atoms. The van der Waals surface area contributed by atoms with E-state index in [1.807, 2.05) is 32.0 Å². The standard InChI is InChI=1S/C17H17NO3/c1-12-7-8-14(5-3-9-19)11-15(12)17(20)18-13(2)16-6-4-10-21-16/h4,6-8,10-11,13,19H,9H2,1-2H3,(H,18,20). The Labute approximate surface area is 123 Å². The van der Waals surface area contributed by atoms with E-state index in [4.69, 9.17) is 9.52 Å². The summed E-state index contributed by atoms with van der Waals surface area (Å²) in [6.07, 6.45) is 1.58. The van der Waals surface area contributed by atoms with Crippen molar-refractivity contribution >= 4 is 5.91 Å². The zero-order valence-corrected chi connectivity index (χ0v) is 12.0. The highest BCUT2D eigenvalue weighted by Crippen LogP contribution is 2.15. The van der Waals surface area contributed by atoms with Gasteiger partial charge in [-0.15, -0.1) is 0 Å². The third kappa shape index (κ3) is 3.74. The minimum Gasteiger partial charge on any atom is -0.467 e. The average molecular weight is 283 g/mol. The van der Waals surface area contributed by atoms with Crippen LogP contribution >= 0.6 is 0 Å². The van der Waals surface area contributed by atoms with Crippen LogP contribution in [0.2, 0.25) is 0 Å². The van der Waals surface area contributed by atoms with Crippen LogP contribution in [0.4, 0.5) is 0 Å². The number of carbonyl (C=O) groups excluding carboxylic acids is 1. The van der Waals surface area contributed by atoms with E-state index in [1.54, 1.807) is 18.4 Å². The van der Waals surface area contributed by atoms with Gasteiger partial charge in [-0.2, -0.15) is 0 Å². The van der Waals surface area contributed by atoms with Crippen molar-refractivity contribution in [3.8, 4) is 11.8 Å². The number of benzene rings is 1. The highest BCUT2D eigenvalue weighted by atomic mass is 16.3. The van der Waals surface area contributed by atoms with Crippen LogP contribution in [0.1, 0.15) is 40.2 Å². The molecule has 1 unspecified atom stereocenters. The number of aryl methyl sites for hydroxylation is 1. The van der Waals surface area contributed by atoms with E-state index < -0.39 is 0 Å². The van der Waals surface area contributed by atoms with Crippen LogP contribution in [0.3, 0.4) is 0 Å². The first-order valence-corrected chi connectivity index (χ1v) is 6.66. The molecule has 2 N–H and O–H groups in total. The largest absolute Gasteiger partial charge is 0.467 e. The lowest BCUT2D eigenvalue weighted by atomic mass is 10.0. The SMILES string of the molecule is Cc1ccc(C#CCO)cc1C(=O)NC(C)c1ccco1. The van der Waals surface area contributed by atoms with E-state index in [0.29, 0.717) is 16.9 Å². The van der Waals surface area contributed by atoms with Crippen molar-refractivity contribution in [2.45, 2.75) is 19.9 Å². The van der Waals surface area contributed by atoms with Crippen molar-refractivity contribution in [1.82, 2.24) is 5.32 Å². The quantitative estimate of drug-likeness (QED) is 0.850.